The molecule has 0 spiro atoms. The molecule has 5 heterocycles. The number of aryl methyl sites for hydroxylation is 1. The number of nitrogens with zero attached hydrogens (tertiary/aromatic N) is 5. The van der Waals surface area contributed by atoms with Gasteiger partial charge in [0.15, 0.2) is 0 Å². The molecule has 1 saturated heterocycles. The van der Waals surface area contributed by atoms with Crippen LogP contribution < -0.4 is 10.9 Å². The van der Waals surface area contributed by atoms with Gasteiger partial charge in [-0.2, -0.15) is 5.26 Å². The monoisotopic (exact) mass is 642 g/mol. The normalized spacial score (nSPS) is 26.6. The number of fused-ring (bicyclic) bond motifs is 10. The molecule has 7 nitrogen and oxygen atoms in total. The molecular weight excluding hydrogens is 603 g/mol. The number of piperidine rings is 1. The Morgan fingerprint density at radius 1 is 1.00 bits per heavy atom. The molecule has 7 rings (SSSR count). The van der Waals surface area contributed by atoms with Crippen molar-refractivity contribution in [1.82, 2.24) is 19.4 Å². The van der Waals surface area contributed by atoms with Crippen LogP contribution in [0.4, 0.5) is 27.8 Å². The summed E-state index contributed by atoms with van der Waals surface area (Å²) in [7, 11) is 0. The first-order chi connectivity index (χ1) is 22.1. The van der Waals surface area contributed by atoms with Crippen molar-refractivity contribution < 1.29 is 22.0 Å². The minimum absolute atomic E-state index is 0.00512. The lowest BCUT2D eigenvalue weighted by molar-refractivity contribution is -0.0976. The van der Waals surface area contributed by atoms with Crippen LogP contribution in [-0.4, -0.2) is 45.0 Å². The SMILES string of the molecule is C[C@H]1Nc2ncnc3c2cc(C2(C#N)CC2)c(=O)n3CCCCCCCC(C(F)F)N2CCC(CC2)C(F)(F)c2cccc1c2F. The van der Waals surface area contributed by atoms with E-state index >= 15 is 13.2 Å². The van der Waals surface area contributed by atoms with Gasteiger partial charge in [-0.1, -0.05) is 43.9 Å². The van der Waals surface area contributed by atoms with Crippen LogP contribution in [0.1, 0.15) is 93.9 Å². The van der Waals surface area contributed by atoms with Gasteiger partial charge in [0.1, 0.15) is 23.6 Å². The minimum Gasteiger partial charge on any atom is -0.363 e. The minimum atomic E-state index is -3.49. The van der Waals surface area contributed by atoms with Gasteiger partial charge in [0.25, 0.3) is 17.9 Å². The van der Waals surface area contributed by atoms with E-state index in [1.54, 1.807) is 22.5 Å². The maximum absolute atomic E-state index is 16.0. The van der Waals surface area contributed by atoms with Gasteiger partial charge in [-0.05, 0) is 64.6 Å². The van der Waals surface area contributed by atoms with Gasteiger partial charge in [0.05, 0.1) is 34.5 Å². The van der Waals surface area contributed by atoms with Crippen molar-refractivity contribution in [3.63, 3.8) is 0 Å². The van der Waals surface area contributed by atoms with Crippen molar-refractivity contribution in [2.24, 2.45) is 5.92 Å². The Hall–Kier alpha value is -3.59. The van der Waals surface area contributed by atoms with Crippen molar-refractivity contribution in [3.8, 4) is 6.07 Å². The topological polar surface area (TPSA) is 86.8 Å². The smallest absolute Gasteiger partial charge is 0.278 e. The maximum atomic E-state index is 16.0. The lowest BCUT2D eigenvalue weighted by Gasteiger charge is -2.40. The van der Waals surface area contributed by atoms with Gasteiger partial charge in [0, 0.05) is 23.6 Å². The summed E-state index contributed by atoms with van der Waals surface area (Å²) in [4.78, 5) is 24.1. The van der Waals surface area contributed by atoms with Crippen LogP contribution in [0, 0.1) is 23.1 Å². The van der Waals surface area contributed by atoms with Crippen molar-refractivity contribution in [1.29, 1.82) is 5.26 Å². The number of benzene rings is 1. The number of aromatic nitrogens is 3. The van der Waals surface area contributed by atoms with E-state index in [0.717, 1.165) is 25.3 Å². The molecule has 1 N–H and O–H groups in total. The molecule has 4 aliphatic rings. The highest BCUT2D eigenvalue weighted by molar-refractivity contribution is 5.87. The summed E-state index contributed by atoms with van der Waals surface area (Å²) < 4.78 is 77.6. The molecule has 1 aliphatic carbocycles. The van der Waals surface area contributed by atoms with Crippen LogP contribution >= 0.6 is 0 Å². The fraction of sp³-hybridized carbons (Fsp3) is 0.588. The van der Waals surface area contributed by atoms with Crippen molar-refractivity contribution >= 4 is 16.9 Å². The lowest BCUT2D eigenvalue weighted by Crippen LogP contribution is -2.47. The summed E-state index contributed by atoms with van der Waals surface area (Å²) in [5, 5.41) is 13.6. The van der Waals surface area contributed by atoms with E-state index in [9.17, 15) is 18.8 Å². The van der Waals surface area contributed by atoms with E-state index < -0.39 is 47.1 Å². The zero-order valence-corrected chi connectivity index (χ0v) is 25.9. The Labute approximate surface area is 264 Å². The van der Waals surface area contributed by atoms with E-state index in [0.29, 0.717) is 54.6 Å². The number of hydrogen-bond donors (Lipinski definition) is 1. The van der Waals surface area contributed by atoms with Crippen LogP contribution in [0.3, 0.4) is 0 Å². The summed E-state index contributed by atoms with van der Waals surface area (Å²) in [6.07, 6.45) is 3.60. The second-order valence-electron chi connectivity index (χ2n) is 13.1. The number of nitrogens with one attached hydrogen (secondary N) is 1. The van der Waals surface area contributed by atoms with Gasteiger partial charge in [0.2, 0.25) is 0 Å². The fourth-order valence-corrected chi connectivity index (χ4v) is 7.27. The summed E-state index contributed by atoms with van der Waals surface area (Å²) in [5.74, 6) is -5.39. The average Bonchev–Trinajstić information content (AvgIpc) is 3.84. The van der Waals surface area contributed by atoms with Gasteiger partial charge in [-0.25, -0.2) is 31.9 Å². The van der Waals surface area contributed by atoms with Crippen LogP contribution in [0.15, 0.2) is 35.4 Å². The molecule has 3 aliphatic heterocycles. The lowest BCUT2D eigenvalue weighted by atomic mass is 9.84. The summed E-state index contributed by atoms with van der Waals surface area (Å²) in [5.41, 5.74) is -1.15. The van der Waals surface area contributed by atoms with E-state index in [-0.39, 0.29) is 43.5 Å². The molecule has 2 atom stereocenters. The predicted molar refractivity (Wildman–Crippen MR) is 164 cm³/mol. The zero-order valence-electron chi connectivity index (χ0n) is 25.9. The fourth-order valence-electron chi connectivity index (χ4n) is 7.27. The standard InChI is InChI=1S/C34H39F5N6O/c1-21-23-8-7-9-25(28(23)35)34(38,39)22-11-16-44(17-12-22)27(29(36)37)10-5-3-2-4-6-15-45-31-24(30(43-21)41-20-42-31)18-26(32(45)46)33(19-40)13-14-33/h7-9,18,20-22,27,29H,2-6,10-17H2,1H3,(H,41,42,43)/t21-,27?/m1/s1. The van der Waals surface area contributed by atoms with Crippen molar-refractivity contribution in [2.75, 3.05) is 18.4 Å². The number of hydrogen-bond acceptors (Lipinski definition) is 6. The van der Waals surface area contributed by atoms with Gasteiger partial charge in [-0.3, -0.25) is 14.3 Å². The Bertz CT molecular complexity index is 1670. The molecular formula is C34H39F5N6O. The highest BCUT2D eigenvalue weighted by Crippen LogP contribution is 2.47. The molecule has 1 aromatic carbocycles. The van der Waals surface area contributed by atoms with E-state index in [1.165, 1.54) is 18.5 Å². The largest absolute Gasteiger partial charge is 0.363 e. The number of halogens is 5. The molecule has 1 saturated carbocycles. The molecule has 1 unspecified atom stereocenters. The molecule has 2 aromatic heterocycles. The van der Waals surface area contributed by atoms with E-state index in [1.807, 2.05) is 0 Å². The quantitative estimate of drug-likeness (QED) is 0.292. The summed E-state index contributed by atoms with van der Waals surface area (Å²) in [6.45, 7) is 2.21. The first-order valence-corrected chi connectivity index (χ1v) is 16.3. The van der Waals surface area contributed by atoms with Crippen LogP contribution in [0.5, 0.6) is 0 Å². The van der Waals surface area contributed by atoms with E-state index in [2.05, 4.69) is 21.4 Å². The average molecular weight is 643 g/mol. The number of anilines is 1. The van der Waals surface area contributed by atoms with Crippen LogP contribution in [-0.2, 0) is 17.9 Å². The Kier molecular flexibility index (Phi) is 9.07. The number of nitriles is 1. The number of alkyl halides is 4. The summed E-state index contributed by atoms with van der Waals surface area (Å²) in [6, 6.07) is 6.08. The van der Waals surface area contributed by atoms with Crippen molar-refractivity contribution in [3.05, 3.63) is 63.5 Å². The molecule has 246 valence electrons. The second kappa shape index (κ2) is 12.9. The first kappa shape index (κ1) is 32.4. The molecule has 2 fully saturated rings. The first-order valence-electron chi connectivity index (χ1n) is 16.3. The Morgan fingerprint density at radius 2 is 1.72 bits per heavy atom. The van der Waals surface area contributed by atoms with Crippen molar-refractivity contribution in [2.45, 2.75) is 108 Å². The third kappa shape index (κ3) is 5.98. The molecule has 46 heavy (non-hydrogen) atoms. The van der Waals surface area contributed by atoms with E-state index in [4.69, 9.17) is 0 Å². The second-order valence-corrected chi connectivity index (χ2v) is 13.1. The highest BCUT2D eigenvalue weighted by Gasteiger charge is 2.48. The van der Waals surface area contributed by atoms with Gasteiger partial charge >= 0.3 is 0 Å². The van der Waals surface area contributed by atoms with Gasteiger partial charge in [-0.15, -0.1) is 0 Å². The zero-order chi connectivity index (χ0) is 32.6. The number of pyridine rings is 1. The van der Waals surface area contributed by atoms with Crippen LogP contribution in [0.25, 0.3) is 11.0 Å². The molecule has 3 aromatic rings. The van der Waals surface area contributed by atoms with Gasteiger partial charge < -0.3 is 5.32 Å². The third-order valence-corrected chi connectivity index (χ3v) is 10.3. The summed E-state index contributed by atoms with van der Waals surface area (Å²) >= 11 is 0. The molecule has 12 heteroatoms. The molecule has 0 radical (unpaired) electrons. The molecule has 0 amide bonds. The highest BCUT2D eigenvalue weighted by atomic mass is 19.3. The Balaban J connectivity index is 1.40. The third-order valence-electron chi connectivity index (χ3n) is 10.3. The number of rotatable bonds is 2. The van der Waals surface area contributed by atoms with Crippen LogP contribution in [0.2, 0.25) is 0 Å². The molecule has 8 bridgehead atoms. The maximum Gasteiger partial charge on any atom is 0.278 e. The Morgan fingerprint density at radius 3 is 2.41 bits per heavy atom. The predicted octanol–water partition coefficient (Wildman–Crippen LogP) is 7.45.